The lowest BCUT2D eigenvalue weighted by Crippen LogP contribution is -2.49. The van der Waals surface area contributed by atoms with Crippen LogP contribution in [-0.4, -0.2) is 40.8 Å². The molecule has 25 heavy (non-hydrogen) atoms. The van der Waals surface area contributed by atoms with Crippen molar-refractivity contribution in [1.82, 2.24) is 10.6 Å². The Balaban J connectivity index is 1.89. The van der Waals surface area contributed by atoms with Crippen molar-refractivity contribution in [1.29, 1.82) is 0 Å². The lowest BCUT2D eigenvalue weighted by Gasteiger charge is -2.31. The highest BCUT2D eigenvalue weighted by Crippen LogP contribution is 2.24. The number of nitrogens with one attached hydrogen (secondary N) is 2. The van der Waals surface area contributed by atoms with Crippen LogP contribution in [0.25, 0.3) is 0 Å². The zero-order valence-corrected chi connectivity index (χ0v) is 16.9. The fourth-order valence-corrected chi connectivity index (χ4v) is 4.78. The Bertz CT molecular complexity index is 586. The van der Waals surface area contributed by atoms with E-state index in [9.17, 15) is 4.21 Å². The van der Waals surface area contributed by atoms with E-state index in [1.54, 1.807) is 0 Å². The minimum atomic E-state index is -0.694. The molecule has 0 heterocycles. The molecule has 0 saturated heterocycles. The van der Waals surface area contributed by atoms with Crippen molar-refractivity contribution in [2.45, 2.75) is 63.2 Å². The van der Waals surface area contributed by atoms with Gasteiger partial charge in [-0.15, -0.1) is 0 Å². The van der Waals surface area contributed by atoms with Gasteiger partial charge >= 0.3 is 0 Å². The molecule has 0 amide bonds. The first-order valence-electron chi connectivity index (χ1n) is 9.36. The summed E-state index contributed by atoms with van der Waals surface area (Å²) in [7, 11) is 1.12. The summed E-state index contributed by atoms with van der Waals surface area (Å²) in [6.45, 7) is 7.31. The van der Waals surface area contributed by atoms with Crippen molar-refractivity contribution in [3.8, 4) is 0 Å². The zero-order valence-electron chi connectivity index (χ0n) is 16.0. The van der Waals surface area contributed by atoms with E-state index in [2.05, 4.69) is 53.7 Å². The molecule has 1 aliphatic rings. The van der Waals surface area contributed by atoms with Crippen LogP contribution in [-0.2, 0) is 16.2 Å². The van der Waals surface area contributed by atoms with Gasteiger partial charge in [0, 0.05) is 46.9 Å². The summed E-state index contributed by atoms with van der Waals surface area (Å²) in [5.74, 6) is 1.60. The van der Waals surface area contributed by atoms with Gasteiger partial charge in [-0.3, -0.25) is 9.20 Å². The summed E-state index contributed by atoms with van der Waals surface area (Å²) in [6.07, 6.45) is 4.33. The van der Waals surface area contributed by atoms with Crippen LogP contribution in [0.1, 0.15) is 52.0 Å². The molecular formula is C20H33N3OS. The normalized spacial score (nSPS) is 23.1. The van der Waals surface area contributed by atoms with Crippen LogP contribution in [0.4, 0.5) is 0 Å². The van der Waals surface area contributed by atoms with E-state index in [1.807, 2.05) is 20.0 Å². The van der Waals surface area contributed by atoms with E-state index < -0.39 is 10.8 Å². The first kappa shape index (κ1) is 20.0. The largest absolute Gasteiger partial charge is 0.356 e. The van der Waals surface area contributed by atoms with Crippen LogP contribution in [0.15, 0.2) is 35.3 Å². The van der Waals surface area contributed by atoms with Gasteiger partial charge < -0.3 is 10.6 Å². The summed E-state index contributed by atoms with van der Waals surface area (Å²) in [5.41, 5.74) is 1.34. The van der Waals surface area contributed by atoms with Crippen LogP contribution >= 0.6 is 0 Å². The molecule has 1 aliphatic carbocycles. The van der Waals surface area contributed by atoms with Gasteiger partial charge in [0.2, 0.25) is 0 Å². The van der Waals surface area contributed by atoms with Gasteiger partial charge in [-0.1, -0.05) is 57.5 Å². The molecule has 1 aromatic carbocycles. The summed E-state index contributed by atoms with van der Waals surface area (Å²) in [4.78, 5) is 4.39. The average Bonchev–Trinajstić information content (AvgIpc) is 2.65. The highest BCUT2D eigenvalue weighted by atomic mass is 32.2. The lowest BCUT2D eigenvalue weighted by atomic mass is 9.85. The van der Waals surface area contributed by atoms with Crippen molar-refractivity contribution in [3.63, 3.8) is 0 Å². The quantitative estimate of drug-likeness (QED) is 0.603. The van der Waals surface area contributed by atoms with E-state index in [4.69, 9.17) is 0 Å². The minimum absolute atomic E-state index is 0.0255. The van der Waals surface area contributed by atoms with Crippen molar-refractivity contribution in [3.05, 3.63) is 35.9 Å². The van der Waals surface area contributed by atoms with Crippen LogP contribution in [0.3, 0.4) is 0 Å². The number of hydrogen-bond acceptors (Lipinski definition) is 2. The van der Waals surface area contributed by atoms with E-state index >= 15 is 0 Å². The molecular weight excluding hydrogens is 330 g/mol. The molecule has 4 nitrogen and oxygen atoms in total. The van der Waals surface area contributed by atoms with E-state index in [-0.39, 0.29) is 5.41 Å². The van der Waals surface area contributed by atoms with Gasteiger partial charge in [-0.2, -0.15) is 0 Å². The van der Waals surface area contributed by atoms with Crippen LogP contribution in [0.2, 0.25) is 0 Å². The van der Waals surface area contributed by atoms with Crippen LogP contribution in [0.5, 0.6) is 0 Å². The van der Waals surface area contributed by atoms with Crippen molar-refractivity contribution in [2.24, 2.45) is 4.99 Å². The molecule has 5 heteroatoms. The molecule has 0 aromatic heterocycles. The number of aliphatic imine (C=N–C) groups is 1. The second kappa shape index (κ2) is 9.37. The molecule has 1 fully saturated rings. The van der Waals surface area contributed by atoms with Crippen molar-refractivity contribution in [2.75, 3.05) is 19.3 Å². The topological polar surface area (TPSA) is 53.5 Å². The van der Waals surface area contributed by atoms with Crippen LogP contribution in [0, 0.1) is 0 Å². The average molecular weight is 364 g/mol. The predicted octanol–water partition coefficient (Wildman–Crippen LogP) is 3.21. The van der Waals surface area contributed by atoms with Crippen molar-refractivity contribution >= 4 is 16.8 Å². The van der Waals surface area contributed by atoms with Gasteiger partial charge in [0.1, 0.15) is 0 Å². The molecule has 1 aromatic rings. The number of benzene rings is 1. The van der Waals surface area contributed by atoms with E-state index in [0.29, 0.717) is 11.3 Å². The van der Waals surface area contributed by atoms with Crippen molar-refractivity contribution < 1.29 is 4.21 Å². The van der Waals surface area contributed by atoms with Crippen LogP contribution < -0.4 is 10.6 Å². The van der Waals surface area contributed by atoms with Gasteiger partial charge in [0.15, 0.2) is 5.96 Å². The summed E-state index contributed by atoms with van der Waals surface area (Å²) in [6, 6.07) is 10.9. The molecule has 2 rings (SSSR count). The molecule has 140 valence electrons. The maximum absolute atomic E-state index is 12.1. The number of nitrogens with zero attached hydrogens (tertiary/aromatic N) is 1. The maximum Gasteiger partial charge on any atom is 0.191 e. The summed E-state index contributed by atoms with van der Waals surface area (Å²) < 4.78 is 12.1. The summed E-state index contributed by atoms with van der Waals surface area (Å²) >= 11 is 0. The van der Waals surface area contributed by atoms with E-state index in [0.717, 1.165) is 43.9 Å². The number of guanidine groups is 1. The van der Waals surface area contributed by atoms with Gasteiger partial charge in [0.25, 0.3) is 0 Å². The Morgan fingerprint density at radius 1 is 1.28 bits per heavy atom. The third-order valence-corrected chi connectivity index (χ3v) is 6.84. The first-order chi connectivity index (χ1) is 12.0. The second-order valence-electron chi connectivity index (χ2n) is 7.47. The minimum Gasteiger partial charge on any atom is -0.356 e. The standard InChI is InChI=1S/C20H33N3OS/c1-5-25(24)18-13-9-12-17(14-18)23-19(21-4)22-15-20(2,3)16-10-7-6-8-11-16/h6-8,10-11,17-18H,5,9,12-15H2,1-4H3,(H2,21,22,23). The Morgan fingerprint density at radius 2 is 2.00 bits per heavy atom. The van der Waals surface area contributed by atoms with Gasteiger partial charge in [-0.25, -0.2) is 0 Å². The molecule has 2 N–H and O–H groups in total. The Morgan fingerprint density at radius 3 is 2.64 bits per heavy atom. The highest BCUT2D eigenvalue weighted by Gasteiger charge is 2.26. The molecule has 0 bridgehead atoms. The molecule has 0 radical (unpaired) electrons. The third-order valence-electron chi connectivity index (χ3n) is 5.10. The fraction of sp³-hybridized carbons (Fsp3) is 0.650. The first-order valence-corrected chi connectivity index (χ1v) is 10.7. The molecule has 1 saturated carbocycles. The van der Waals surface area contributed by atoms with E-state index in [1.165, 1.54) is 5.56 Å². The SMILES string of the molecule is CCS(=O)C1CCCC(NC(=NC)NCC(C)(C)c2ccccc2)C1. The zero-order chi connectivity index (χ0) is 18.3. The lowest BCUT2D eigenvalue weighted by molar-refractivity contribution is 0.410. The smallest absolute Gasteiger partial charge is 0.191 e. The molecule has 3 atom stereocenters. The molecule has 3 unspecified atom stereocenters. The molecule has 0 spiro atoms. The number of rotatable bonds is 6. The highest BCUT2D eigenvalue weighted by molar-refractivity contribution is 7.85. The summed E-state index contributed by atoms with van der Waals surface area (Å²) in [5, 5.41) is 7.35. The van der Waals surface area contributed by atoms with Gasteiger partial charge in [-0.05, 0) is 24.8 Å². The Hall–Kier alpha value is -1.36. The predicted molar refractivity (Wildman–Crippen MR) is 109 cm³/mol. The number of hydrogen-bond donors (Lipinski definition) is 2. The third kappa shape index (κ3) is 5.84. The second-order valence-corrected chi connectivity index (χ2v) is 9.48. The fourth-order valence-electron chi connectivity index (χ4n) is 3.43. The Labute approximate surface area is 155 Å². The van der Waals surface area contributed by atoms with Gasteiger partial charge in [0.05, 0.1) is 0 Å². The molecule has 0 aliphatic heterocycles. The monoisotopic (exact) mass is 363 g/mol. The Kier molecular flexibility index (Phi) is 7.48. The maximum atomic E-state index is 12.1.